The third-order valence-corrected chi connectivity index (χ3v) is 5.03. The Morgan fingerprint density at radius 1 is 1.25 bits per heavy atom. The van der Waals surface area contributed by atoms with Crippen LogP contribution < -0.4 is 14.9 Å². The number of nitrogens with one attached hydrogen (secondary N) is 1. The molecule has 1 amide bonds. The van der Waals surface area contributed by atoms with Crippen LogP contribution in [-0.2, 0) is 4.79 Å². The van der Waals surface area contributed by atoms with Gasteiger partial charge >= 0.3 is 0 Å². The van der Waals surface area contributed by atoms with Crippen LogP contribution in [0.25, 0.3) is 0 Å². The van der Waals surface area contributed by atoms with E-state index in [2.05, 4.69) is 42.4 Å². The zero-order valence-electron chi connectivity index (χ0n) is 15.6. The van der Waals surface area contributed by atoms with Crippen LogP contribution >= 0.6 is 31.9 Å². The van der Waals surface area contributed by atoms with Crippen LogP contribution in [0.1, 0.15) is 37.0 Å². The Labute approximate surface area is 181 Å². The molecule has 2 aromatic rings. The number of methoxy groups -OCH3 is 1. The number of halogens is 2. The molecular formula is C20H22Br2N2O4. The summed E-state index contributed by atoms with van der Waals surface area (Å²) in [6.07, 6.45) is 1.27. The molecule has 0 radical (unpaired) electrons. The Hall–Kier alpha value is -1.90. The quantitative estimate of drug-likeness (QED) is 0.380. The lowest BCUT2D eigenvalue weighted by molar-refractivity contribution is -0.121. The molecule has 2 N–H and O–H groups in total. The normalized spacial score (nSPS) is 12.0. The number of carbonyl (C=O) groups excluding carboxylic acids is 1. The van der Waals surface area contributed by atoms with E-state index in [9.17, 15) is 9.90 Å². The first-order valence-electron chi connectivity index (χ1n) is 8.70. The monoisotopic (exact) mass is 512 g/mol. The number of amides is 1. The van der Waals surface area contributed by atoms with Crippen molar-refractivity contribution in [1.82, 2.24) is 5.43 Å². The maximum atomic E-state index is 11.9. The van der Waals surface area contributed by atoms with Crippen LogP contribution in [0.2, 0.25) is 0 Å². The van der Waals surface area contributed by atoms with E-state index >= 15 is 0 Å². The average molecular weight is 514 g/mol. The van der Waals surface area contributed by atoms with Gasteiger partial charge in [0.25, 0.3) is 0 Å². The van der Waals surface area contributed by atoms with Crippen molar-refractivity contribution in [2.75, 3.05) is 13.7 Å². The fourth-order valence-electron chi connectivity index (χ4n) is 2.47. The van der Waals surface area contributed by atoms with Gasteiger partial charge in [0.2, 0.25) is 5.91 Å². The second kappa shape index (κ2) is 11.2. The number of hydrogen-bond acceptors (Lipinski definition) is 5. The Kier molecular flexibility index (Phi) is 8.95. The van der Waals surface area contributed by atoms with Gasteiger partial charge in [-0.15, -0.1) is 0 Å². The maximum Gasteiger partial charge on any atom is 0.240 e. The number of ether oxygens (including phenoxy) is 2. The Bertz CT molecular complexity index is 802. The molecule has 28 heavy (non-hydrogen) atoms. The molecule has 0 fully saturated rings. The van der Waals surface area contributed by atoms with E-state index in [-0.39, 0.29) is 12.3 Å². The van der Waals surface area contributed by atoms with Gasteiger partial charge in [-0.05, 0) is 80.6 Å². The topological polar surface area (TPSA) is 80.2 Å². The zero-order chi connectivity index (χ0) is 20.5. The van der Waals surface area contributed by atoms with Crippen molar-refractivity contribution in [3.05, 3.63) is 56.5 Å². The minimum Gasteiger partial charge on any atom is -0.494 e. The standard InChI is InChI=1S/C20H22Br2N2O4/c1-3-28-15-6-4-14(5-7-15)18(25)8-9-19(26)24-23-12-13-10-16(21)20(27-2)17(22)11-13/h4-7,10-12,18,25H,3,8-9H2,1-2H3,(H,24,26)/b23-12-/t18-/m0/s1. The third-order valence-electron chi connectivity index (χ3n) is 3.85. The number of aliphatic hydroxyl groups excluding tert-OH is 1. The summed E-state index contributed by atoms with van der Waals surface area (Å²) in [5, 5.41) is 14.2. The van der Waals surface area contributed by atoms with Crippen LogP contribution in [0.3, 0.4) is 0 Å². The molecule has 1 atom stereocenters. The summed E-state index contributed by atoms with van der Waals surface area (Å²) in [5.41, 5.74) is 4.00. The van der Waals surface area contributed by atoms with Gasteiger partial charge in [0.05, 0.1) is 35.0 Å². The SMILES string of the molecule is CCOc1ccc([C@@H](O)CCC(=O)N/N=C\c2cc(Br)c(OC)c(Br)c2)cc1. The fraction of sp³-hybridized carbons (Fsp3) is 0.300. The first kappa shape index (κ1) is 22.4. The summed E-state index contributed by atoms with van der Waals surface area (Å²) < 4.78 is 12.2. The molecule has 0 aliphatic rings. The molecule has 8 heteroatoms. The van der Waals surface area contributed by atoms with Crippen molar-refractivity contribution in [2.45, 2.75) is 25.9 Å². The smallest absolute Gasteiger partial charge is 0.240 e. The van der Waals surface area contributed by atoms with Crippen LogP contribution in [-0.4, -0.2) is 30.9 Å². The molecule has 2 aromatic carbocycles. The van der Waals surface area contributed by atoms with Gasteiger partial charge in [0.15, 0.2) is 0 Å². The summed E-state index contributed by atoms with van der Waals surface area (Å²) in [5.74, 6) is 1.17. The van der Waals surface area contributed by atoms with Crippen molar-refractivity contribution in [2.24, 2.45) is 5.10 Å². The van der Waals surface area contributed by atoms with Gasteiger partial charge in [-0.25, -0.2) is 5.43 Å². The van der Waals surface area contributed by atoms with Crippen molar-refractivity contribution < 1.29 is 19.4 Å². The highest BCUT2D eigenvalue weighted by Gasteiger charge is 2.11. The number of rotatable bonds is 9. The molecule has 0 heterocycles. The highest BCUT2D eigenvalue weighted by Crippen LogP contribution is 2.33. The molecule has 0 unspecified atom stereocenters. The van der Waals surface area contributed by atoms with E-state index in [1.54, 1.807) is 31.4 Å². The number of carbonyl (C=O) groups is 1. The molecule has 0 saturated heterocycles. The van der Waals surface area contributed by atoms with Gasteiger partial charge in [-0.1, -0.05) is 12.1 Å². The average Bonchev–Trinajstić information content (AvgIpc) is 2.67. The molecule has 0 aliphatic carbocycles. The summed E-state index contributed by atoms with van der Waals surface area (Å²) >= 11 is 6.83. The summed E-state index contributed by atoms with van der Waals surface area (Å²) in [6.45, 7) is 2.50. The number of aliphatic hydroxyl groups is 1. The summed E-state index contributed by atoms with van der Waals surface area (Å²) in [7, 11) is 1.58. The molecule has 0 aliphatic heterocycles. The van der Waals surface area contributed by atoms with Crippen LogP contribution in [0, 0.1) is 0 Å². The minimum atomic E-state index is -0.723. The van der Waals surface area contributed by atoms with E-state index in [0.29, 0.717) is 18.8 Å². The number of hydrogen-bond donors (Lipinski definition) is 2. The second-order valence-electron chi connectivity index (χ2n) is 5.87. The lowest BCUT2D eigenvalue weighted by atomic mass is 10.0. The predicted octanol–water partition coefficient (Wildman–Crippen LogP) is 4.58. The lowest BCUT2D eigenvalue weighted by Crippen LogP contribution is -2.18. The Morgan fingerprint density at radius 3 is 2.46 bits per heavy atom. The molecular weight excluding hydrogens is 492 g/mol. The number of benzene rings is 2. The molecule has 0 spiro atoms. The second-order valence-corrected chi connectivity index (χ2v) is 7.58. The zero-order valence-corrected chi connectivity index (χ0v) is 18.8. The van der Waals surface area contributed by atoms with E-state index in [4.69, 9.17) is 9.47 Å². The molecule has 2 rings (SSSR count). The maximum absolute atomic E-state index is 11.9. The largest absolute Gasteiger partial charge is 0.494 e. The molecule has 0 bridgehead atoms. The van der Waals surface area contributed by atoms with Crippen LogP contribution in [0.4, 0.5) is 0 Å². The predicted molar refractivity (Wildman–Crippen MR) is 116 cm³/mol. The first-order chi connectivity index (χ1) is 13.4. The van der Waals surface area contributed by atoms with Crippen molar-refractivity contribution in [1.29, 1.82) is 0 Å². The third kappa shape index (κ3) is 6.61. The molecule has 6 nitrogen and oxygen atoms in total. The van der Waals surface area contributed by atoms with Crippen LogP contribution in [0.5, 0.6) is 11.5 Å². The van der Waals surface area contributed by atoms with E-state index < -0.39 is 6.10 Å². The fourth-order valence-corrected chi connectivity index (χ4v) is 4.02. The first-order valence-corrected chi connectivity index (χ1v) is 10.3. The molecule has 0 saturated carbocycles. The van der Waals surface area contributed by atoms with Gasteiger partial charge in [-0.3, -0.25) is 4.79 Å². The van der Waals surface area contributed by atoms with Gasteiger partial charge in [-0.2, -0.15) is 5.10 Å². The van der Waals surface area contributed by atoms with E-state index in [0.717, 1.165) is 25.8 Å². The highest BCUT2D eigenvalue weighted by atomic mass is 79.9. The molecule has 0 aromatic heterocycles. The molecule has 150 valence electrons. The minimum absolute atomic E-state index is 0.154. The Balaban J connectivity index is 1.83. The van der Waals surface area contributed by atoms with Crippen LogP contribution in [0.15, 0.2) is 50.4 Å². The van der Waals surface area contributed by atoms with Gasteiger partial charge < -0.3 is 14.6 Å². The number of hydrazone groups is 1. The van der Waals surface area contributed by atoms with Crippen molar-refractivity contribution >= 4 is 44.0 Å². The van der Waals surface area contributed by atoms with Gasteiger partial charge in [0.1, 0.15) is 11.5 Å². The van der Waals surface area contributed by atoms with E-state index in [1.165, 1.54) is 6.21 Å². The van der Waals surface area contributed by atoms with Crippen molar-refractivity contribution in [3.8, 4) is 11.5 Å². The summed E-state index contributed by atoms with van der Waals surface area (Å²) in [4.78, 5) is 11.9. The lowest BCUT2D eigenvalue weighted by Gasteiger charge is -2.11. The van der Waals surface area contributed by atoms with E-state index in [1.807, 2.05) is 19.1 Å². The van der Waals surface area contributed by atoms with Gasteiger partial charge in [0, 0.05) is 6.42 Å². The summed E-state index contributed by atoms with van der Waals surface area (Å²) in [6, 6.07) is 10.9. The highest BCUT2D eigenvalue weighted by molar-refractivity contribution is 9.11. The van der Waals surface area contributed by atoms with Crippen molar-refractivity contribution in [3.63, 3.8) is 0 Å². The number of nitrogens with zero attached hydrogens (tertiary/aromatic N) is 1. The Morgan fingerprint density at radius 2 is 1.89 bits per heavy atom.